The minimum Gasteiger partial charge on any atom is -0.497 e. The van der Waals surface area contributed by atoms with Crippen LogP contribution < -0.4 is 14.4 Å². The number of anilines is 1. The predicted molar refractivity (Wildman–Crippen MR) is 158 cm³/mol. The molecule has 0 spiro atoms. The molecule has 0 aliphatic carbocycles. The third kappa shape index (κ3) is 8.64. The largest absolute Gasteiger partial charge is 0.497 e. The maximum absolute atomic E-state index is 13.9. The first-order valence-corrected chi connectivity index (χ1v) is 15.3. The molecule has 2 amide bonds. The Balaban J connectivity index is 2.09. The van der Waals surface area contributed by atoms with Gasteiger partial charge in [-0.3, -0.25) is 13.9 Å². The Morgan fingerprint density at radius 1 is 1.02 bits per heavy atom. The Morgan fingerprint density at radius 2 is 1.72 bits per heavy atom. The number of alkyl halides is 3. The van der Waals surface area contributed by atoms with E-state index in [1.54, 1.807) is 30.3 Å². The van der Waals surface area contributed by atoms with Crippen molar-refractivity contribution < 1.29 is 35.9 Å². The Hall–Kier alpha value is -3.77. The molecule has 8 nitrogen and oxygen atoms in total. The zero-order valence-electron chi connectivity index (χ0n) is 23.9. The standard InChI is InChI=1S/C30H33ClF3N3O5S/c1-4-5-16-35-29(39)21(2)36(19-22-10-9-11-24(17-22)42-3)28(38)20-37(43(40,41)25-12-7-6-8-13-25)23-14-15-27(31)26(18-23)30(32,33)34/h6-15,17-18,21H,4-5,16,19-20H2,1-3H3,(H,35,39)/t21-/m0/s1. The topological polar surface area (TPSA) is 96.0 Å². The van der Waals surface area contributed by atoms with Crippen LogP contribution in [0.1, 0.15) is 37.8 Å². The first-order valence-electron chi connectivity index (χ1n) is 13.4. The van der Waals surface area contributed by atoms with Crippen molar-refractivity contribution in [3.8, 4) is 5.75 Å². The Bertz CT molecular complexity index is 1520. The molecular formula is C30H33ClF3N3O5S. The number of hydrogen-bond acceptors (Lipinski definition) is 5. The molecule has 0 aromatic heterocycles. The summed E-state index contributed by atoms with van der Waals surface area (Å²) in [5, 5.41) is 2.14. The molecular weight excluding hydrogens is 607 g/mol. The lowest BCUT2D eigenvalue weighted by Gasteiger charge is -2.32. The fourth-order valence-electron chi connectivity index (χ4n) is 4.22. The zero-order valence-corrected chi connectivity index (χ0v) is 25.5. The lowest BCUT2D eigenvalue weighted by Crippen LogP contribution is -2.51. The second-order valence-electron chi connectivity index (χ2n) is 9.68. The first-order chi connectivity index (χ1) is 20.3. The lowest BCUT2D eigenvalue weighted by molar-refractivity contribution is -0.139. The summed E-state index contributed by atoms with van der Waals surface area (Å²) in [6.45, 7) is 2.83. The van der Waals surface area contributed by atoms with Gasteiger partial charge in [0.15, 0.2) is 0 Å². The number of hydrogen-bond donors (Lipinski definition) is 1. The number of benzene rings is 3. The fourth-order valence-corrected chi connectivity index (χ4v) is 5.87. The van der Waals surface area contributed by atoms with Crippen LogP contribution in [-0.4, -0.2) is 51.4 Å². The van der Waals surface area contributed by atoms with Crippen LogP contribution in [0.2, 0.25) is 5.02 Å². The quantitative estimate of drug-likeness (QED) is 0.235. The molecule has 1 atom stereocenters. The number of sulfonamides is 1. The van der Waals surface area contributed by atoms with Crippen LogP contribution in [0.4, 0.5) is 18.9 Å². The number of nitrogens with one attached hydrogen (secondary N) is 1. The van der Waals surface area contributed by atoms with Crippen molar-refractivity contribution in [2.24, 2.45) is 0 Å². The highest BCUT2D eigenvalue weighted by molar-refractivity contribution is 7.92. The molecule has 0 fully saturated rings. The van der Waals surface area contributed by atoms with Gasteiger partial charge >= 0.3 is 6.18 Å². The average molecular weight is 640 g/mol. The number of rotatable bonds is 13. The summed E-state index contributed by atoms with van der Waals surface area (Å²) in [6, 6.07) is 15.3. The van der Waals surface area contributed by atoms with Crippen molar-refractivity contribution in [1.82, 2.24) is 10.2 Å². The fraction of sp³-hybridized carbons (Fsp3) is 0.333. The number of ether oxygens (including phenoxy) is 1. The van der Waals surface area contributed by atoms with Gasteiger partial charge < -0.3 is 15.0 Å². The summed E-state index contributed by atoms with van der Waals surface area (Å²) < 4.78 is 74.7. The Morgan fingerprint density at radius 3 is 2.35 bits per heavy atom. The lowest BCUT2D eigenvalue weighted by atomic mass is 10.1. The van der Waals surface area contributed by atoms with E-state index in [2.05, 4.69) is 5.32 Å². The number of carbonyl (C=O) groups excluding carboxylic acids is 2. The van der Waals surface area contributed by atoms with Gasteiger partial charge in [0.05, 0.1) is 28.3 Å². The van der Waals surface area contributed by atoms with Gasteiger partial charge in [0, 0.05) is 13.1 Å². The van der Waals surface area contributed by atoms with Crippen LogP contribution in [0.5, 0.6) is 5.75 Å². The highest BCUT2D eigenvalue weighted by Crippen LogP contribution is 2.38. The van der Waals surface area contributed by atoms with Gasteiger partial charge in [0.25, 0.3) is 10.0 Å². The van der Waals surface area contributed by atoms with E-state index in [1.165, 1.54) is 43.2 Å². The van der Waals surface area contributed by atoms with E-state index in [-0.39, 0.29) is 11.4 Å². The van der Waals surface area contributed by atoms with E-state index >= 15 is 0 Å². The monoisotopic (exact) mass is 639 g/mol. The Labute approximate surface area is 254 Å². The van der Waals surface area contributed by atoms with Crippen LogP contribution in [0, 0.1) is 0 Å². The molecule has 0 radical (unpaired) electrons. The molecule has 0 heterocycles. The highest BCUT2D eigenvalue weighted by Gasteiger charge is 2.37. The van der Waals surface area contributed by atoms with Crippen molar-refractivity contribution >= 4 is 39.1 Å². The van der Waals surface area contributed by atoms with Crippen LogP contribution >= 0.6 is 11.6 Å². The van der Waals surface area contributed by atoms with E-state index in [0.29, 0.717) is 34.7 Å². The first kappa shape index (κ1) is 33.7. The maximum atomic E-state index is 13.9. The highest BCUT2D eigenvalue weighted by atomic mass is 35.5. The van der Waals surface area contributed by atoms with Crippen molar-refractivity contribution in [2.45, 2.75) is 50.3 Å². The molecule has 3 rings (SSSR count). The second kappa shape index (κ2) is 14.6. The molecule has 0 unspecified atom stereocenters. The SMILES string of the molecule is CCCCNC(=O)[C@H](C)N(Cc1cccc(OC)c1)C(=O)CN(c1ccc(Cl)c(C(F)(F)F)c1)S(=O)(=O)c1ccccc1. The normalized spacial score (nSPS) is 12.3. The van der Waals surface area contributed by atoms with Crippen molar-refractivity contribution in [3.63, 3.8) is 0 Å². The molecule has 3 aromatic rings. The van der Waals surface area contributed by atoms with E-state index in [4.69, 9.17) is 16.3 Å². The molecule has 0 bridgehead atoms. The van der Waals surface area contributed by atoms with Gasteiger partial charge in [-0.05, 0) is 61.4 Å². The third-order valence-electron chi connectivity index (χ3n) is 6.64. The summed E-state index contributed by atoms with van der Waals surface area (Å²) in [6.07, 6.45) is -3.35. The number of carbonyl (C=O) groups is 2. The van der Waals surface area contributed by atoms with E-state index < -0.39 is 56.9 Å². The van der Waals surface area contributed by atoms with Crippen LogP contribution in [-0.2, 0) is 32.3 Å². The summed E-state index contributed by atoms with van der Waals surface area (Å²) in [4.78, 5) is 27.9. The van der Waals surface area contributed by atoms with Crippen LogP contribution in [0.25, 0.3) is 0 Å². The Kier molecular flexibility index (Phi) is 11.5. The number of methoxy groups -OCH3 is 1. The second-order valence-corrected chi connectivity index (χ2v) is 11.9. The molecule has 0 saturated heterocycles. The molecule has 0 aliphatic heterocycles. The van der Waals surface area contributed by atoms with Crippen molar-refractivity contribution in [3.05, 3.63) is 88.9 Å². The van der Waals surface area contributed by atoms with E-state index in [9.17, 15) is 31.2 Å². The van der Waals surface area contributed by atoms with Crippen LogP contribution in [0.3, 0.4) is 0 Å². The van der Waals surface area contributed by atoms with Gasteiger partial charge in [0.2, 0.25) is 11.8 Å². The predicted octanol–water partition coefficient (Wildman–Crippen LogP) is 5.90. The van der Waals surface area contributed by atoms with Gasteiger partial charge in [-0.25, -0.2) is 8.42 Å². The van der Waals surface area contributed by atoms with Gasteiger partial charge in [-0.2, -0.15) is 13.2 Å². The number of unbranched alkanes of at least 4 members (excludes halogenated alkanes) is 1. The maximum Gasteiger partial charge on any atom is 0.417 e. The minimum atomic E-state index is -4.89. The summed E-state index contributed by atoms with van der Waals surface area (Å²) >= 11 is 5.80. The number of halogens is 4. The van der Waals surface area contributed by atoms with Gasteiger partial charge in [0.1, 0.15) is 18.3 Å². The molecule has 0 aliphatic rings. The zero-order chi connectivity index (χ0) is 31.8. The average Bonchev–Trinajstić information content (AvgIpc) is 2.98. The summed E-state index contributed by atoms with van der Waals surface area (Å²) in [5.41, 5.74) is -1.09. The molecule has 3 aromatic carbocycles. The third-order valence-corrected chi connectivity index (χ3v) is 8.75. The summed E-state index contributed by atoms with van der Waals surface area (Å²) in [5.74, 6) is -0.781. The van der Waals surface area contributed by atoms with Gasteiger partial charge in [-0.15, -0.1) is 0 Å². The smallest absolute Gasteiger partial charge is 0.417 e. The molecule has 0 saturated carbocycles. The van der Waals surface area contributed by atoms with Crippen molar-refractivity contribution in [2.75, 3.05) is 24.5 Å². The van der Waals surface area contributed by atoms with E-state index in [1.807, 2.05) is 6.92 Å². The molecule has 1 N–H and O–H groups in total. The molecule has 43 heavy (non-hydrogen) atoms. The number of nitrogens with zero attached hydrogens (tertiary/aromatic N) is 2. The summed E-state index contributed by atoms with van der Waals surface area (Å²) in [7, 11) is -3.08. The molecule has 232 valence electrons. The minimum absolute atomic E-state index is 0.105. The number of amides is 2. The van der Waals surface area contributed by atoms with Crippen molar-refractivity contribution in [1.29, 1.82) is 0 Å². The van der Waals surface area contributed by atoms with E-state index in [0.717, 1.165) is 18.6 Å². The molecule has 13 heteroatoms. The van der Waals surface area contributed by atoms with Gasteiger partial charge in [-0.1, -0.05) is 55.3 Å². The van der Waals surface area contributed by atoms with Crippen LogP contribution in [0.15, 0.2) is 77.7 Å².